The quantitative estimate of drug-likeness (QED) is 0.872. The van der Waals surface area contributed by atoms with Gasteiger partial charge < -0.3 is 10.4 Å². The molecule has 2 aromatic rings. The van der Waals surface area contributed by atoms with Crippen LogP contribution in [0, 0.1) is 5.92 Å². The fraction of sp³-hybridized carbons (Fsp3) is 0.350. The SMILES string of the molecule is CC(C)c1ccc(C(NC(=O)C2CC2)c2ccc(O)cc2)cc1. The molecule has 3 heteroatoms. The lowest BCUT2D eigenvalue weighted by Gasteiger charge is -2.20. The Morgan fingerprint density at radius 2 is 1.43 bits per heavy atom. The third-order valence-corrected chi connectivity index (χ3v) is 4.40. The molecule has 23 heavy (non-hydrogen) atoms. The molecule has 120 valence electrons. The van der Waals surface area contributed by atoms with Gasteiger partial charge in [0.25, 0.3) is 0 Å². The molecular formula is C20H23NO2. The Kier molecular flexibility index (Phi) is 4.37. The van der Waals surface area contributed by atoms with Gasteiger partial charge >= 0.3 is 0 Å². The topological polar surface area (TPSA) is 49.3 Å². The zero-order valence-corrected chi connectivity index (χ0v) is 13.6. The van der Waals surface area contributed by atoms with Crippen LogP contribution in [0.2, 0.25) is 0 Å². The molecule has 0 aromatic heterocycles. The maximum absolute atomic E-state index is 12.2. The number of carbonyl (C=O) groups excluding carboxylic acids is 1. The molecule has 1 fully saturated rings. The first kappa shape index (κ1) is 15.6. The molecular weight excluding hydrogens is 286 g/mol. The molecule has 0 saturated heterocycles. The Balaban J connectivity index is 1.89. The van der Waals surface area contributed by atoms with E-state index in [-0.39, 0.29) is 23.6 Å². The number of phenols is 1. The van der Waals surface area contributed by atoms with Gasteiger partial charge in [0.05, 0.1) is 6.04 Å². The van der Waals surface area contributed by atoms with Gasteiger partial charge in [-0.05, 0) is 47.6 Å². The third kappa shape index (κ3) is 3.73. The Morgan fingerprint density at radius 3 is 1.91 bits per heavy atom. The minimum atomic E-state index is -0.176. The minimum Gasteiger partial charge on any atom is -0.508 e. The Hall–Kier alpha value is -2.29. The molecule has 0 bridgehead atoms. The van der Waals surface area contributed by atoms with Crippen LogP contribution < -0.4 is 5.32 Å². The van der Waals surface area contributed by atoms with Gasteiger partial charge in [0.1, 0.15) is 5.75 Å². The lowest BCUT2D eigenvalue weighted by Crippen LogP contribution is -2.30. The summed E-state index contributed by atoms with van der Waals surface area (Å²) in [6, 6.07) is 15.3. The van der Waals surface area contributed by atoms with E-state index < -0.39 is 0 Å². The first-order valence-electron chi connectivity index (χ1n) is 8.24. The number of benzene rings is 2. The number of nitrogens with one attached hydrogen (secondary N) is 1. The van der Waals surface area contributed by atoms with Crippen molar-refractivity contribution in [2.24, 2.45) is 5.92 Å². The van der Waals surface area contributed by atoms with Crippen LogP contribution in [-0.4, -0.2) is 11.0 Å². The Morgan fingerprint density at radius 1 is 0.957 bits per heavy atom. The number of hydrogen-bond donors (Lipinski definition) is 2. The number of carbonyl (C=O) groups is 1. The highest BCUT2D eigenvalue weighted by Crippen LogP contribution is 2.32. The summed E-state index contributed by atoms with van der Waals surface area (Å²) in [4.78, 5) is 12.2. The first-order chi connectivity index (χ1) is 11.0. The van der Waals surface area contributed by atoms with Crippen molar-refractivity contribution in [3.63, 3.8) is 0 Å². The Bertz CT molecular complexity index is 670. The molecule has 1 aliphatic rings. The molecule has 1 atom stereocenters. The summed E-state index contributed by atoms with van der Waals surface area (Å²) >= 11 is 0. The Labute approximate surface area is 137 Å². The van der Waals surface area contributed by atoms with E-state index in [1.165, 1.54) is 5.56 Å². The van der Waals surface area contributed by atoms with Gasteiger partial charge in [0.15, 0.2) is 0 Å². The van der Waals surface area contributed by atoms with Crippen LogP contribution in [0.4, 0.5) is 0 Å². The van der Waals surface area contributed by atoms with E-state index >= 15 is 0 Å². The number of amides is 1. The molecule has 3 nitrogen and oxygen atoms in total. The summed E-state index contributed by atoms with van der Waals surface area (Å²) in [7, 11) is 0. The van der Waals surface area contributed by atoms with E-state index in [2.05, 4.69) is 43.4 Å². The van der Waals surface area contributed by atoms with E-state index in [0.717, 1.165) is 24.0 Å². The third-order valence-electron chi connectivity index (χ3n) is 4.40. The molecule has 0 spiro atoms. The lowest BCUT2D eigenvalue weighted by molar-refractivity contribution is -0.122. The van der Waals surface area contributed by atoms with Crippen LogP contribution in [-0.2, 0) is 4.79 Å². The van der Waals surface area contributed by atoms with Gasteiger partial charge in [-0.2, -0.15) is 0 Å². The van der Waals surface area contributed by atoms with Crippen LogP contribution >= 0.6 is 0 Å². The minimum absolute atomic E-state index is 0.121. The van der Waals surface area contributed by atoms with Gasteiger partial charge in [-0.15, -0.1) is 0 Å². The monoisotopic (exact) mass is 309 g/mol. The largest absolute Gasteiger partial charge is 0.508 e. The van der Waals surface area contributed by atoms with Crippen molar-refractivity contribution in [1.82, 2.24) is 5.32 Å². The van der Waals surface area contributed by atoms with Gasteiger partial charge in [-0.3, -0.25) is 4.79 Å². The number of aromatic hydroxyl groups is 1. The molecule has 1 amide bonds. The second kappa shape index (κ2) is 6.45. The van der Waals surface area contributed by atoms with Crippen LogP contribution in [0.15, 0.2) is 48.5 Å². The zero-order valence-electron chi connectivity index (χ0n) is 13.6. The highest BCUT2D eigenvalue weighted by atomic mass is 16.3. The van der Waals surface area contributed by atoms with Crippen molar-refractivity contribution in [2.45, 2.75) is 38.6 Å². The fourth-order valence-electron chi connectivity index (χ4n) is 2.70. The maximum atomic E-state index is 12.2. The van der Waals surface area contributed by atoms with Crippen molar-refractivity contribution < 1.29 is 9.90 Å². The predicted octanol–water partition coefficient (Wildman–Crippen LogP) is 4.13. The second-order valence-corrected chi connectivity index (χ2v) is 6.63. The molecule has 3 rings (SSSR count). The number of rotatable bonds is 5. The standard InChI is InChI=1S/C20H23NO2/c1-13(2)14-3-5-15(6-4-14)19(21-20(23)17-7-8-17)16-9-11-18(22)12-10-16/h3-6,9-13,17,19,22H,7-8H2,1-2H3,(H,21,23). The maximum Gasteiger partial charge on any atom is 0.223 e. The number of phenolic OH excluding ortho intramolecular Hbond substituents is 1. The molecule has 2 aromatic carbocycles. The summed E-state index contributed by atoms with van der Waals surface area (Å²) in [5.74, 6) is 1.01. The number of hydrogen-bond acceptors (Lipinski definition) is 2. The normalized spacial score (nSPS) is 15.4. The van der Waals surface area contributed by atoms with E-state index in [1.807, 2.05) is 12.1 Å². The average molecular weight is 309 g/mol. The van der Waals surface area contributed by atoms with Gasteiger partial charge in [-0.25, -0.2) is 0 Å². The average Bonchev–Trinajstić information content (AvgIpc) is 3.38. The molecule has 0 aliphatic heterocycles. The van der Waals surface area contributed by atoms with Crippen molar-refractivity contribution in [3.8, 4) is 5.75 Å². The summed E-state index contributed by atoms with van der Waals surface area (Å²) in [6.07, 6.45) is 1.97. The smallest absolute Gasteiger partial charge is 0.223 e. The molecule has 0 radical (unpaired) electrons. The lowest BCUT2D eigenvalue weighted by atomic mass is 9.95. The van der Waals surface area contributed by atoms with Crippen molar-refractivity contribution in [3.05, 3.63) is 65.2 Å². The van der Waals surface area contributed by atoms with E-state index in [0.29, 0.717) is 5.92 Å². The molecule has 1 saturated carbocycles. The van der Waals surface area contributed by atoms with E-state index in [4.69, 9.17) is 0 Å². The second-order valence-electron chi connectivity index (χ2n) is 6.63. The van der Waals surface area contributed by atoms with Crippen LogP contribution in [0.3, 0.4) is 0 Å². The van der Waals surface area contributed by atoms with Crippen molar-refractivity contribution in [1.29, 1.82) is 0 Å². The molecule has 2 N–H and O–H groups in total. The van der Waals surface area contributed by atoms with Gasteiger partial charge in [0.2, 0.25) is 5.91 Å². The van der Waals surface area contributed by atoms with Crippen LogP contribution in [0.25, 0.3) is 0 Å². The highest BCUT2D eigenvalue weighted by molar-refractivity contribution is 5.81. The highest BCUT2D eigenvalue weighted by Gasteiger charge is 2.31. The zero-order chi connectivity index (χ0) is 16.4. The van der Waals surface area contributed by atoms with Crippen LogP contribution in [0.1, 0.15) is 55.3 Å². The molecule has 1 aliphatic carbocycles. The molecule has 1 unspecified atom stereocenters. The molecule has 0 heterocycles. The van der Waals surface area contributed by atoms with E-state index in [1.54, 1.807) is 12.1 Å². The van der Waals surface area contributed by atoms with Gasteiger partial charge in [-0.1, -0.05) is 50.2 Å². The van der Waals surface area contributed by atoms with Crippen LogP contribution in [0.5, 0.6) is 5.75 Å². The fourth-order valence-corrected chi connectivity index (χ4v) is 2.70. The summed E-state index contributed by atoms with van der Waals surface area (Å²) in [6.45, 7) is 4.34. The summed E-state index contributed by atoms with van der Waals surface area (Å²) in [5.41, 5.74) is 3.33. The van der Waals surface area contributed by atoms with E-state index in [9.17, 15) is 9.90 Å². The van der Waals surface area contributed by atoms with Gasteiger partial charge in [0, 0.05) is 5.92 Å². The van der Waals surface area contributed by atoms with Crippen molar-refractivity contribution >= 4 is 5.91 Å². The summed E-state index contributed by atoms with van der Waals surface area (Å²) in [5, 5.41) is 12.7. The first-order valence-corrected chi connectivity index (χ1v) is 8.24. The van der Waals surface area contributed by atoms with Crippen molar-refractivity contribution in [2.75, 3.05) is 0 Å². The summed E-state index contributed by atoms with van der Waals surface area (Å²) < 4.78 is 0. The predicted molar refractivity (Wildman–Crippen MR) is 91.3 cm³/mol.